The molecule has 4 heterocycles. The lowest BCUT2D eigenvalue weighted by Gasteiger charge is -2.38. The molecule has 0 aliphatic carbocycles. The quantitative estimate of drug-likeness (QED) is 0.212. The van der Waals surface area contributed by atoms with Gasteiger partial charge in [-0.25, -0.2) is 4.79 Å². The van der Waals surface area contributed by atoms with Crippen LogP contribution in [0.5, 0.6) is 0 Å². The molecule has 4 rings (SSSR count). The number of thiophene rings is 1. The Balaban J connectivity index is 1.51. The third-order valence-electron chi connectivity index (χ3n) is 6.61. The van der Waals surface area contributed by atoms with Crippen molar-refractivity contribution in [2.45, 2.75) is 70.9 Å². The molecule has 1 aliphatic heterocycles. The van der Waals surface area contributed by atoms with Crippen LogP contribution in [0.1, 0.15) is 36.9 Å². The number of aryl methyl sites for hydroxylation is 1. The molecule has 1 aliphatic rings. The summed E-state index contributed by atoms with van der Waals surface area (Å²) in [5, 5.41) is 36.7. The summed E-state index contributed by atoms with van der Waals surface area (Å²) in [7, 11) is 0. The maximum absolute atomic E-state index is 13.4. The molecular weight excluding hydrogens is 606 g/mol. The molecule has 43 heavy (non-hydrogen) atoms. The van der Waals surface area contributed by atoms with Gasteiger partial charge in [0.1, 0.15) is 23.7 Å². The summed E-state index contributed by atoms with van der Waals surface area (Å²) < 4.78 is 13.3. The molecule has 0 bridgehead atoms. The van der Waals surface area contributed by atoms with Crippen molar-refractivity contribution in [2.24, 2.45) is 11.1 Å². The number of nitrogens with one attached hydrogen (secondary N) is 1. The first-order valence-electron chi connectivity index (χ1n) is 13.2. The van der Waals surface area contributed by atoms with Gasteiger partial charge in [-0.1, -0.05) is 32.4 Å². The van der Waals surface area contributed by atoms with Crippen molar-refractivity contribution in [3.63, 3.8) is 0 Å². The molecule has 3 aromatic heterocycles. The maximum atomic E-state index is 13.4. The molecule has 0 radical (unpaired) electrons. The van der Waals surface area contributed by atoms with Gasteiger partial charge < -0.3 is 40.4 Å². The molecule has 232 valence electrons. The standard InChI is InChI=1S/C27H32ClN5O9S/c1-27(2,3)26(40)33-17(30-12-13-6-7-16(28)43-13)11-15(31-33)14-5-4-9-32(23(14)37)10-8-18(34)41-25-19(29)20(35)21(36)22(42-25)24(38)39/h4-7,9,11,19-22,25,30,35-36H,8,10,12,29H2,1-3H3,(H,38,39)/t19-,20?,21+,22?,25-/m1/s1. The molecule has 16 heteroatoms. The average molecular weight is 638 g/mol. The summed E-state index contributed by atoms with van der Waals surface area (Å²) in [6.45, 7) is 5.50. The molecule has 1 fully saturated rings. The summed E-state index contributed by atoms with van der Waals surface area (Å²) >= 11 is 7.42. The number of carboxylic acid groups (broad SMARTS) is 1. The molecule has 0 aromatic carbocycles. The molecule has 5 atom stereocenters. The van der Waals surface area contributed by atoms with E-state index in [-0.39, 0.29) is 30.1 Å². The normalized spacial score (nSPS) is 22.3. The summed E-state index contributed by atoms with van der Waals surface area (Å²) in [4.78, 5) is 51.3. The van der Waals surface area contributed by atoms with Crippen LogP contribution in [-0.2, 0) is 32.2 Å². The molecular formula is C27H32ClN5O9S. The zero-order valence-electron chi connectivity index (χ0n) is 23.5. The number of pyridine rings is 1. The van der Waals surface area contributed by atoms with E-state index in [1.807, 2.05) is 6.07 Å². The highest BCUT2D eigenvalue weighted by Gasteiger charge is 2.47. The Kier molecular flexibility index (Phi) is 9.73. The lowest BCUT2D eigenvalue weighted by atomic mass is 9.96. The Morgan fingerprint density at radius 1 is 1.21 bits per heavy atom. The molecule has 0 spiro atoms. The highest BCUT2D eigenvalue weighted by atomic mass is 35.5. The second-order valence-corrected chi connectivity index (χ2v) is 12.7. The van der Waals surface area contributed by atoms with Crippen molar-refractivity contribution in [3.8, 4) is 11.3 Å². The summed E-state index contributed by atoms with van der Waals surface area (Å²) in [6, 6.07) is 6.95. The molecule has 0 saturated carbocycles. The number of ether oxygens (including phenoxy) is 2. The van der Waals surface area contributed by atoms with Gasteiger partial charge in [0.05, 0.1) is 28.9 Å². The van der Waals surface area contributed by atoms with Crippen LogP contribution in [0.3, 0.4) is 0 Å². The fourth-order valence-electron chi connectivity index (χ4n) is 4.24. The third kappa shape index (κ3) is 7.31. The van der Waals surface area contributed by atoms with Gasteiger partial charge in [-0.3, -0.25) is 14.4 Å². The van der Waals surface area contributed by atoms with Crippen molar-refractivity contribution in [1.29, 1.82) is 0 Å². The monoisotopic (exact) mass is 637 g/mol. The summed E-state index contributed by atoms with van der Waals surface area (Å²) in [5.41, 5.74) is 4.91. The highest BCUT2D eigenvalue weighted by Crippen LogP contribution is 2.27. The number of aromatic nitrogens is 3. The van der Waals surface area contributed by atoms with Crippen LogP contribution in [0.4, 0.5) is 5.82 Å². The molecule has 6 N–H and O–H groups in total. The number of nitrogens with two attached hydrogens (primary N) is 1. The van der Waals surface area contributed by atoms with Crippen LogP contribution in [0.25, 0.3) is 11.3 Å². The van der Waals surface area contributed by atoms with Gasteiger partial charge in [0.2, 0.25) is 6.29 Å². The first-order valence-corrected chi connectivity index (χ1v) is 14.4. The lowest BCUT2D eigenvalue weighted by molar-refractivity contribution is -0.254. The predicted octanol–water partition coefficient (Wildman–Crippen LogP) is 1.52. The van der Waals surface area contributed by atoms with Gasteiger partial charge in [-0.2, -0.15) is 9.78 Å². The Hall–Kier alpha value is -3.60. The fourth-order valence-corrected chi connectivity index (χ4v) is 5.27. The van der Waals surface area contributed by atoms with Crippen LogP contribution in [0.15, 0.2) is 41.3 Å². The van der Waals surface area contributed by atoms with Gasteiger partial charge in [0.25, 0.3) is 11.5 Å². The highest BCUT2D eigenvalue weighted by molar-refractivity contribution is 7.16. The van der Waals surface area contributed by atoms with Crippen molar-refractivity contribution in [2.75, 3.05) is 5.32 Å². The topological polar surface area (TPSA) is 208 Å². The van der Waals surface area contributed by atoms with Crippen molar-refractivity contribution < 1.29 is 39.2 Å². The number of aliphatic hydroxyl groups excluding tert-OH is 2. The van der Waals surface area contributed by atoms with Gasteiger partial charge >= 0.3 is 11.9 Å². The van der Waals surface area contributed by atoms with Crippen molar-refractivity contribution in [1.82, 2.24) is 14.3 Å². The zero-order valence-corrected chi connectivity index (χ0v) is 25.0. The number of carbonyl (C=O) groups is 3. The van der Waals surface area contributed by atoms with E-state index in [1.54, 1.807) is 45.0 Å². The van der Waals surface area contributed by atoms with Crippen molar-refractivity contribution in [3.05, 3.63) is 56.1 Å². The SMILES string of the molecule is CC(C)(C)C(=O)n1nc(-c2cccn(CCC(=O)O[C@@H]3OC(C(=O)O)[C@@H](O)C(O)[C@H]3N)c2=O)cc1NCc1ccc(Cl)s1. The largest absolute Gasteiger partial charge is 0.479 e. The maximum Gasteiger partial charge on any atom is 0.335 e. The second-order valence-electron chi connectivity index (χ2n) is 10.9. The Morgan fingerprint density at radius 2 is 1.93 bits per heavy atom. The average Bonchev–Trinajstić information content (AvgIpc) is 3.56. The van der Waals surface area contributed by atoms with E-state index in [0.29, 0.717) is 16.7 Å². The lowest BCUT2D eigenvalue weighted by Crippen LogP contribution is -2.63. The van der Waals surface area contributed by atoms with E-state index in [1.165, 1.54) is 26.8 Å². The molecule has 1 saturated heterocycles. The number of anilines is 1. The number of carbonyl (C=O) groups excluding carboxylic acids is 2. The minimum absolute atomic E-state index is 0.132. The number of hydrogen-bond donors (Lipinski definition) is 5. The number of esters is 1. The molecule has 2 unspecified atom stereocenters. The van der Waals surface area contributed by atoms with Crippen LogP contribution >= 0.6 is 22.9 Å². The molecule has 0 amide bonds. The van der Waals surface area contributed by atoms with Crippen molar-refractivity contribution >= 4 is 46.6 Å². The van der Waals surface area contributed by atoms with E-state index in [2.05, 4.69) is 10.4 Å². The van der Waals surface area contributed by atoms with Gasteiger partial charge in [0.15, 0.2) is 6.10 Å². The minimum atomic E-state index is -1.85. The summed E-state index contributed by atoms with van der Waals surface area (Å²) in [5.74, 6) is -2.36. The predicted molar refractivity (Wildman–Crippen MR) is 156 cm³/mol. The fraction of sp³-hybridized carbons (Fsp3) is 0.444. The first kappa shape index (κ1) is 32.3. The van der Waals surface area contributed by atoms with E-state index in [0.717, 1.165) is 4.88 Å². The van der Waals surface area contributed by atoms with Gasteiger partial charge in [-0.05, 0) is 24.3 Å². The van der Waals surface area contributed by atoms with E-state index < -0.39 is 53.6 Å². The number of rotatable bonds is 9. The molecule has 3 aromatic rings. The van der Waals surface area contributed by atoms with Gasteiger partial charge in [0, 0.05) is 29.1 Å². The van der Waals surface area contributed by atoms with Gasteiger partial charge in [-0.15, -0.1) is 11.3 Å². The Labute approximate surface area is 254 Å². The third-order valence-corrected chi connectivity index (χ3v) is 7.84. The van der Waals surface area contributed by atoms with Crippen LogP contribution < -0.4 is 16.6 Å². The number of aliphatic hydroxyl groups is 2. The van der Waals surface area contributed by atoms with E-state index >= 15 is 0 Å². The van der Waals surface area contributed by atoms with E-state index in [9.17, 15) is 34.5 Å². The number of aliphatic carboxylic acids is 1. The minimum Gasteiger partial charge on any atom is -0.479 e. The zero-order chi connectivity index (χ0) is 31.6. The number of halogens is 1. The Bertz CT molecular complexity index is 1560. The van der Waals surface area contributed by atoms with Crippen LogP contribution in [0, 0.1) is 5.41 Å². The summed E-state index contributed by atoms with van der Waals surface area (Å²) in [6.07, 6.45) is -5.87. The smallest absolute Gasteiger partial charge is 0.335 e. The number of carboxylic acids is 1. The number of nitrogens with zero attached hydrogens (tertiary/aromatic N) is 3. The number of hydrogen-bond acceptors (Lipinski definition) is 12. The van der Waals surface area contributed by atoms with Crippen LogP contribution in [0.2, 0.25) is 4.34 Å². The molecule has 14 nitrogen and oxygen atoms in total. The van der Waals surface area contributed by atoms with E-state index in [4.69, 9.17) is 26.8 Å². The van der Waals surface area contributed by atoms with Crippen LogP contribution in [-0.4, -0.2) is 78.2 Å². The second kappa shape index (κ2) is 13.0. The first-order chi connectivity index (χ1) is 20.2. The Morgan fingerprint density at radius 3 is 2.56 bits per heavy atom.